The van der Waals surface area contributed by atoms with Crippen molar-refractivity contribution >= 4 is 5.78 Å². The second kappa shape index (κ2) is 7.57. The normalized spacial score (nSPS) is 23.1. The van der Waals surface area contributed by atoms with Crippen molar-refractivity contribution in [2.45, 2.75) is 77.4 Å². The molecule has 0 spiro atoms. The smallest absolute Gasteiger partial charge is 0.271 e. The molecule has 0 fully saturated rings. The van der Waals surface area contributed by atoms with E-state index in [1.165, 1.54) is 18.9 Å². The van der Waals surface area contributed by atoms with Crippen LogP contribution in [-0.2, 0) is 9.53 Å². The van der Waals surface area contributed by atoms with Crippen molar-refractivity contribution in [3.63, 3.8) is 0 Å². The molecule has 3 nitrogen and oxygen atoms in total. The number of ether oxygens (including phenoxy) is 1. The van der Waals surface area contributed by atoms with Gasteiger partial charge in [0.05, 0.1) is 0 Å². The van der Waals surface area contributed by atoms with Gasteiger partial charge in [0, 0.05) is 18.9 Å². The highest BCUT2D eigenvalue weighted by molar-refractivity contribution is 5.97. The molecule has 0 unspecified atom stereocenters. The number of hydrogen-bond acceptors (Lipinski definition) is 3. The average molecular weight is 254 g/mol. The zero-order valence-corrected chi connectivity index (χ0v) is 11.7. The lowest BCUT2D eigenvalue weighted by Gasteiger charge is -2.22. The van der Waals surface area contributed by atoms with Crippen molar-refractivity contribution < 1.29 is 14.6 Å². The Morgan fingerprint density at radius 3 is 2.44 bits per heavy atom. The van der Waals surface area contributed by atoms with Gasteiger partial charge in [-0.2, -0.15) is 0 Å². The molecular weight excluding hydrogens is 228 g/mol. The maximum Gasteiger partial charge on any atom is 0.271 e. The van der Waals surface area contributed by atoms with Crippen LogP contribution in [0.2, 0.25) is 0 Å². The molecule has 18 heavy (non-hydrogen) atoms. The predicted octanol–water partition coefficient (Wildman–Crippen LogP) is 3.71. The third-order valence-corrected chi connectivity index (χ3v) is 3.37. The zero-order valence-electron chi connectivity index (χ0n) is 11.7. The molecule has 0 amide bonds. The quantitative estimate of drug-likeness (QED) is 0.638. The first kappa shape index (κ1) is 15.2. The summed E-state index contributed by atoms with van der Waals surface area (Å²) in [4.78, 5) is 11.7. The first-order valence-corrected chi connectivity index (χ1v) is 7.28. The Kier molecular flexibility index (Phi) is 6.41. The highest BCUT2D eigenvalue weighted by Crippen LogP contribution is 2.30. The molecule has 1 N–H and O–H groups in total. The van der Waals surface area contributed by atoms with E-state index in [1.807, 2.05) is 0 Å². The summed E-state index contributed by atoms with van der Waals surface area (Å²) >= 11 is 0. The molecule has 0 aromatic carbocycles. The minimum atomic E-state index is -1.56. The molecule has 0 aliphatic carbocycles. The van der Waals surface area contributed by atoms with Gasteiger partial charge in [-0.25, -0.2) is 0 Å². The van der Waals surface area contributed by atoms with Gasteiger partial charge in [0.1, 0.15) is 5.76 Å². The molecule has 0 saturated carbocycles. The highest BCUT2D eigenvalue weighted by atomic mass is 16.6. The zero-order chi connectivity index (χ0) is 13.4. The second-order valence-corrected chi connectivity index (χ2v) is 5.13. The Labute approximate surface area is 110 Å². The fourth-order valence-corrected chi connectivity index (χ4v) is 2.19. The van der Waals surface area contributed by atoms with Crippen LogP contribution in [0.4, 0.5) is 0 Å². The number of ketones is 1. The fourth-order valence-electron chi connectivity index (χ4n) is 2.19. The van der Waals surface area contributed by atoms with Gasteiger partial charge >= 0.3 is 0 Å². The topological polar surface area (TPSA) is 46.5 Å². The lowest BCUT2D eigenvalue weighted by Crippen LogP contribution is -2.36. The molecule has 0 aromatic rings. The van der Waals surface area contributed by atoms with E-state index < -0.39 is 5.79 Å². The Morgan fingerprint density at radius 2 is 1.78 bits per heavy atom. The molecule has 1 aliphatic heterocycles. The monoisotopic (exact) mass is 254 g/mol. The second-order valence-electron chi connectivity index (χ2n) is 5.13. The van der Waals surface area contributed by atoms with Gasteiger partial charge < -0.3 is 9.84 Å². The van der Waals surface area contributed by atoms with Crippen LogP contribution in [0, 0.1) is 0 Å². The van der Waals surface area contributed by atoms with Crippen LogP contribution in [0.1, 0.15) is 71.6 Å². The van der Waals surface area contributed by atoms with Gasteiger partial charge in [-0.3, -0.25) is 4.79 Å². The van der Waals surface area contributed by atoms with Crippen molar-refractivity contribution in [1.29, 1.82) is 0 Å². The van der Waals surface area contributed by atoms with E-state index in [1.54, 1.807) is 0 Å². The highest BCUT2D eigenvalue weighted by Gasteiger charge is 2.41. The van der Waals surface area contributed by atoms with Crippen molar-refractivity contribution in [3.05, 3.63) is 11.8 Å². The number of hydrogen-bond donors (Lipinski definition) is 1. The van der Waals surface area contributed by atoms with Crippen molar-refractivity contribution in [2.75, 3.05) is 0 Å². The van der Waals surface area contributed by atoms with E-state index in [-0.39, 0.29) is 5.78 Å². The summed E-state index contributed by atoms with van der Waals surface area (Å²) in [5.41, 5.74) is 0. The number of unbranched alkanes of at least 4 members (excludes halogenated alkanes) is 5. The third kappa shape index (κ3) is 4.45. The van der Waals surface area contributed by atoms with Crippen LogP contribution in [0.3, 0.4) is 0 Å². The molecule has 0 aromatic heterocycles. The molecule has 0 bridgehead atoms. The van der Waals surface area contributed by atoms with Gasteiger partial charge in [-0.05, 0) is 12.8 Å². The summed E-state index contributed by atoms with van der Waals surface area (Å²) in [6.45, 7) is 4.26. The van der Waals surface area contributed by atoms with Gasteiger partial charge in [0.25, 0.3) is 5.79 Å². The molecule has 1 atom stereocenters. The van der Waals surface area contributed by atoms with Crippen molar-refractivity contribution in [2.24, 2.45) is 0 Å². The molecule has 0 saturated heterocycles. The van der Waals surface area contributed by atoms with Crippen LogP contribution in [0.5, 0.6) is 0 Å². The Balaban J connectivity index is 2.33. The molecule has 104 valence electrons. The Bertz CT molecular complexity index is 296. The van der Waals surface area contributed by atoms with Gasteiger partial charge in [0.2, 0.25) is 5.78 Å². The number of aliphatic hydroxyl groups is 1. The molecule has 3 heteroatoms. The first-order chi connectivity index (χ1) is 8.62. The maximum atomic E-state index is 11.7. The average Bonchev–Trinajstić information content (AvgIpc) is 2.61. The summed E-state index contributed by atoms with van der Waals surface area (Å²) in [5, 5.41) is 10.1. The number of carbonyl (C=O) groups is 1. The molecule has 1 rings (SSSR count). The number of carbonyl (C=O) groups excluding carboxylic acids is 1. The van der Waals surface area contributed by atoms with Crippen LogP contribution < -0.4 is 0 Å². The van der Waals surface area contributed by atoms with Crippen molar-refractivity contribution in [3.8, 4) is 0 Å². The Hall–Kier alpha value is -0.830. The minimum absolute atomic E-state index is 0.274. The molecular formula is C15H26O3. The van der Waals surface area contributed by atoms with E-state index in [2.05, 4.69) is 13.8 Å². The van der Waals surface area contributed by atoms with Crippen LogP contribution >= 0.6 is 0 Å². The van der Waals surface area contributed by atoms with Gasteiger partial charge in [-0.15, -0.1) is 0 Å². The molecule has 0 radical (unpaired) electrons. The third-order valence-electron chi connectivity index (χ3n) is 3.37. The van der Waals surface area contributed by atoms with Gasteiger partial charge in [0.15, 0.2) is 0 Å². The van der Waals surface area contributed by atoms with Crippen molar-refractivity contribution in [1.82, 2.24) is 0 Å². The first-order valence-electron chi connectivity index (χ1n) is 7.28. The lowest BCUT2D eigenvalue weighted by atomic mass is 10.0. The van der Waals surface area contributed by atoms with E-state index >= 15 is 0 Å². The maximum absolute atomic E-state index is 11.7. The minimum Gasteiger partial charge on any atom is -0.459 e. The largest absolute Gasteiger partial charge is 0.459 e. The summed E-state index contributed by atoms with van der Waals surface area (Å²) in [6, 6.07) is 0. The predicted molar refractivity (Wildman–Crippen MR) is 72.0 cm³/mol. The number of rotatable bonds is 9. The Morgan fingerprint density at radius 1 is 1.11 bits per heavy atom. The van der Waals surface area contributed by atoms with Crippen LogP contribution in [0.15, 0.2) is 11.8 Å². The fraction of sp³-hybridized carbons (Fsp3) is 0.800. The summed E-state index contributed by atoms with van der Waals surface area (Å²) < 4.78 is 5.46. The van der Waals surface area contributed by atoms with E-state index in [0.717, 1.165) is 38.5 Å². The van der Waals surface area contributed by atoms with Gasteiger partial charge in [-0.1, -0.05) is 46.0 Å². The van der Waals surface area contributed by atoms with Crippen LogP contribution in [-0.4, -0.2) is 16.7 Å². The summed E-state index contributed by atoms with van der Waals surface area (Å²) in [6.07, 6.45) is 10.2. The van der Waals surface area contributed by atoms with Crippen LogP contribution in [0.25, 0.3) is 0 Å². The van der Waals surface area contributed by atoms with E-state index in [4.69, 9.17) is 4.74 Å². The molecule has 1 aliphatic rings. The summed E-state index contributed by atoms with van der Waals surface area (Å²) in [5.74, 6) is -1.17. The van der Waals surface area contributed by atoms with E-state index in [0.29, 0.717) is 12.2 Å². The standard InChI is InChI=1S/C15H26O3/c1-3-5-7-8-10-13-12-14(16)15(17,18-13)11-9-6-4-2/h12,17H,3-11H2,1-2H3/t15-/m0/s1. The molecule has 1 heterocycles. The number of allylic oxidation sites excluding steroid dienone is 1. The van der Waals surface area contributed by atoms with E-state index in [9.17, 15) is 9.90 Å². The lowest BCUT2D eigenvalue weighted by molar-refractivity contribution is -0.180. The SMILES string of the molecule is CCCCCCC1=CC(=O)[C@](O)(CCCCC)O1. The summed E-state index contributed by atoms with van der Waals surface area (Å²) in [7, 11) is 0.